The van der Waals surface area contributed by atoms with Gasteiger partial charge in [0.1, 0.15) is 6.33 Å². The van der Waals surface area contributed by atoms with Crippen LogP contribution in [0.15, 0.2) is 41.7 Å². The van der Waals surface area contributed by atoms with E-state index in [2.05, 4.69) is 9.97 Å². The molecule has 1 aromatic heterocycles. The Morgan fingerprint density at radius 3 is 2.50 bits per heavy atom. The van der Waals surface area contributed by atoms with Crippen molar-refractivity contribution in [3.63, 3.8) is 0 Å². The summed E-state index contributed by atoms with van der Waals surface area (Å²) in [6.45, 7) is 2.38. The Hall–Kier alpha value is -2.36. The van der Waals surface area contributed by atoms with Crippen molar-refractivity contribution >= 4 is 15.9 Å². The number of benzene rings is 1. The standard InChI is InChI=1S/C17H18N4O4S/c22-17(20-10-14-9-18-12-19-16(14)11-20)13-1-3-15(4-2-13)26(23,24)21-5-7-25-8-6-21/h1-4,9,12H,5-8,10-11H2. The predicted octanol–water partition coefficient (Wildman–Crippen LogP) is 0.653. The van der Waals surface area contributed by atoms with Crippen LogP contribution in [0.3, 0.4) is 0 Å². The minimum Gasteiger partial charge on any atom is -0.379 e. The maximum Gasteiger partial charge on any atom is 0.254 e. The molecular weight excluding hydrogens is 356 g/mol. The third-order valence-electron chi connectivity index (χ3n) is 4.58. The second kappa shape index (κ2) is 6.75. The van der Waals surface area contributed by atoms with Gasteiger partial charge in [-0.15, -0.1) is 0 Å². The van der Waals surface area contributed by atoms with Gasteiger partial charge in [-0.25, -0.2) is 18.4 Å². The highest BCUT2D eigenvalue weighted by Gasteiger charge is 2.28. The third kappa shape index (κ3) is 3.09. The minimum absolute atomic E-state index is 0.154. The number of hydrogen-bond acceptors (Lipinski definition) is 6. The van der Waals surface area contributed by atoms with Crippen molar-refractivity contribution in [1.29, 1.82) is 0 Å². The molecule has 26 heavy (non-hydrogen) atoms. The van der Waals surface area contributed by atoms with Crippen LogP contribution in [0.4, 0.5) is 0 Å². The number of morpholine rings is 1. The Morgan fingerprint density at radius 2 is 1.81 bits per heavy atom. The molecule has 9 heteroatoms. The number of rotatable bonds is 3. The highest BCUT2D eigenvalue weighted by molar-refractivity contribution is 7.89. The van der Waals surface area contributed by atoms with E-state index in [9.17, 15) is 13.2 Å². The zero-order valence-electron chi connectivity index (χ0n) is 14.0. The molecule has 1 fully saturated rings. The quantitative estimate of drug-likeness (QED) is 0.783. The summed E-state index contributed by atoms with van der Waals surface area (Å²) in [5, 5.41) is 0. The molecule has 2 aliphatic heterocycles. The molecule has 0 bridgehead atoms. The van der Waals surface area contributed by atoms with Crippen molar-refractivity contribution in [1.82, 2.24) is 19.2 Å². The van der Waals surface area contributed by atoms with Gasteiger partial charge in [0.2, 0.25) is 10.0 Å². The average molecular weight is 374 g/mol. The summed E-state index contributed by atoms with van der Waals surface area (Å²) < 4.78 is 31.9. The van der Waals surface area contributed by atoms with Crippen LogP contribution in [0.5, 0.6) is 0 Å². The summed E-state index contributed by atoms with van der Waals surface area (Å²) in [4.78, 5) is 22.7. The summed E-state index contributed by atoms with van der Waals surface area (Å²) in [6.07, 6.45) is 3.19. The lowest BCUT2D eigenvalue weighted by atomic mass is 10.2. The van der Waals surface area contributed by atoms with Gasteiger partial charge in [0.25, 0.3) is 5.91 Å². The van der Waals surface area contributed by atoms with Gasteiger partial charge in [-0.3, -0.25) is 4.79 Å². The van der Waals surface area contributed by atoms with Crippen molar-refractivity contribution in [2.24, 2.45) is 0 Å². The molecule has 1 saturated heterocycles. The molecule has 8 nitrogen and oxygen atoms in total. The van der Waals surface area contributed by atoms with E-state index in [1.165, 1.54) is 22.8 Å². The zero-order chi connectivity index (χ0) is 18.1. The first kappa shape index (κ1) is 17.1. The van der Waals surface area contributed by atoms with Crippen molar-refractivity contribution in [3.8, 4) is 0 Å². The van der Waals surface area contributed by atoms with Crippen molar-refractivity contribution in [3.05, 3.63) is 53.6 Å². The molecule has 0 radical (unpaired) electrons. The molecule has 0 spiro atoms. The highest BCUT2D eigenvalue weighted by Crippen LogP contribution is 2.23. The first-order valence-corrected chi connectivity index (χ1v) is 9.75. The molecule has 3 heterocycles. The topological polar surface area (TPSA) is 92.7 Å². The summed E-state index contributed by atoms with van der Waals surface area (Å²) in [6, 6.07) is 6.09. The van der Waals surface area contributed by atoms with E-state index in [1.54, 1.807) is 23.2 Å². The van der Waals surface area contributed by atoms with E-state index in [0.717, 1.165) is 11.3 Å². The Balaban J connectivity index is 1.50. The molecule has 1 aromatic carbocycles. The van der Waals surface area contributed by atoms with Gasteiger partial charge in [-0.2, -0.15) is 4.31 Å². The van der Waals surface area contributed by atoms with Crippen LogP contribution >= 0.6 is 0 Å². The molecule has 1 amide bonds. The minimum atomic E-state index is -3.56. The van der Waals surface area contributed by atoms with E-state index in [-0.39, 0.29) is 10.8 Å². The second-order valence-electron chi connectivity index (χ2n) is 6.20. The van der Waals surface area contributed by atoms with Gasteiger partial charge in [0.05, 0.1) is 30.3 Å². The fourth-order valence-corrected chi connectivity index (χ4v) is 4.54. The van der Waals surface area contributed by atoms with Crippen LogP contribution in [0.1, 0.15) is 21.6 Å². The van der Waals surface area contributed by atoms with Crippen LogP contribution in [0, 0.1) is 0 Å². The van der Waals surface area contributed by atoms with Crippen LogP contribution < -0.4 is 0 Å². The van der Waals surface area contributed by atoms with Gasteiger partial charge in [-0.05, 0) is 24.3 Å². The van der Waals surface area contributed by atoms with E-state index in [4.69, 9.17) is 4.74 Å². The molecule has 0 unspecified atom stereocenters. The average Bonchev–Trinajstić information content (AvgIpc) is 3.12. The number of carbonyl (C=O) groups is 1. The number of carbonyl (C=O) groups excluding carboxylic acids is 1. The van der Waals surface area contributed by atoms with Crippen LogP contribution in [0.2, 0.25) is 0 Å². The van der Waals surface area contributed by atoms with Gasteiger partial charge >= 0.3 is 0 Å². The smallest absolute Gasteiger partial charge is 0.254 e. The second-order valence-corrected chi connectivity index (χ2v) is 8.13. The lowest BCUT2D eigenvalue weighted by molar-refractivity contribution is 0.0730. The third-order valence-corrected chi connectivity index (χ3v) is 6.49. The van der Waals surface area contributed by atoms with Gasteiger partial charge < -0.3 is 9.64 Å². The molecule has 0 aliphatic carbocycles. The van der Waals surface area contributed by atoms with Crippen molar-refractivity contribution in [2.45, 2.75) is 18.0 Å². The fourth-order valence-electron chi connectivity index (χ4n) is 3.13. The summed E-state index contributed by atoms with van der Waals surface area (Å²) in [7, 11) is -3.56. The molecule has 2 aromatic rings. The Labute approximate surface area is 151 Å². The number of amides is 1. The summed E-state index contributed by atoms with van der Waals surface area (Å²) in [5.74, 6) is -0.154. The molecule has 0 N–H and O–H groups in total. The lowest BCUT2D eigenvalue weighted by Crippen LogP contribution is -2.40. The van der Waals surface area contributed by atoms with E-state index >= 15 is 0 Å². The monoisotopic (exact) mass is 374 g/mol. The number of ether oxygens (including phenoxy) is 1. The molecule has 0 saturated carbocycles. The molecule has 0 atom stereocenters. The van der Waals surface area contributed by atoms with Crippen LogP contribution in [0.25, 0.3) is 0 Å². The number of sulfonamides is 1. The molecule has 136 valence electrons. The maximum absolute atomic E-state index is 12.7. The van der Waals surface area contributed by atoms with E-state index in [1.807, 2.05) is 0 Å². The van der Waals surface area contributed by atoms with E-state index in [0.29, 0.717) is 45.0 Å². The van der Waals surface area contributed by atoms with Gasteiger partial charge in [0.15, 0.2) is 0 Å². The van der Waals surface area contributed by atoms with Gasteiger partial charge in [0, 0.05) is 37.0 Å². The predicted molar refractivity (Wildman–Crippen MR) is 91.6 cm³/mol. The zero-order valence-corrected chi connectivity index (χ0v) is 14.9. The maximum atomic E-state index is 12.7. The highest BCUT2D eigenvalue weighted by atomic mass is 32.2. The number of aromatic nitrogens is 2. The van der Waals surface area contributed by atoms with E-state index < -0.39 is 10.0 Å². The fraction of sp³-hybridized carbons (Fsp3) is 0.353. The molecule has 4 rings (SSSR count). The Kier molecular flexibility index (Phi) is 4.43. The Bertz CT molecular complexity index is 899. The lowest BCUT2D eigenvalue weighted by Gasteiger charge is -2.26. The molecular formula is C17H18N4O4S. The summed E-state index contributed by atoms with van der Waals surface area (Å²) >= 11 is 0. The Morgan fingerprint density at radius 1 is 1.08 bits per heavy atom. The van der Waals surface area contributed by atoms with Crippen LogP contribution in [-0.2, 0) is 27.8 Å². The SMILES string of the molecule is O=C(c1ccc(S(=O)(=O)N2CCOCC2)cc1)N1Cc2cncnc2C1. The normalized spacial score (nSPS) is 17.9. The van der Waals surface area contributed by atoms with Crippen molar-refractivity contribution < 1.29 is 17.9 Å². The largest absolute Gasteiger partial charge is 0.379 e. The first-order valence-electron chi connectivity index (χ1n) is 8.31. The van der Waals surface area contributed by atoms with Gasteiger partial charge in [-0.1, -0.05) is 0 Å². The first-order chi connectivity index (χ1) is 12.6. The number of hydrogen-bond donors (Lipinski definition) is 0. The number of fused-ring (bicyclic) bond motifs is 1. The van der Waals surface area contributed by atoms with Crippen LogP contribution in [-0.4, -0.2) is 59.8 Å². The summed E-state index contributed by atoms with van der Waals surface area (Å²) in [5.41, 5.74) is 2.24. The number of nitrogens with zero attached hydrogens (tertiary/aromatic N) is 4. The molecule has 2 aliphatic rings. The van der Waals surface area contributed by atoms with Crippen molar-refractivity contribution in [2.75, 3.05) is 26.3 Å².